The second-order valence-corrected chi connectivity index (χ2v) is 8.02. The lowest BCUT2D eigenvalue weighted by Crippen LogP contribution is -2.23. The summed E-state index contributed by atoms with van der Waals surface area (Å²) < 4.78 is 0. The highest BCUT2D eigenvalue weighted by atomic mass is 32.2. The van der Waals surface area contributed by atoms with Gasteiger partial charge in [0.1, 0.15) is 0 Å². The van der Waals surface area contributed by atoms with Gasteiger partial charge in [0, 0.05) is 41.4 Å². The van der Waals surface area contributed by atoms with Gasteiger partial charge >= 0.3 is 0 Å². The van der Waals surface area contributed by atoms with Crippen LogP contribution in [0, 0.1) is 0 Å². The molecule has 1 fully saturated rings. The van der Waals surface area contributed by atoms with E-state index >= 15 is 0 Å². The van der Waals surface area contributed by atoms with E-state index in [-0.39, 0.29) is 11.8 Å². The molecule has 0 saturated carbocycles. The molecule has 1 heterocycles. The Morgan fingerprint density at radius 2 is 1.79 bits per heavy atom. The predicted octanol–water partition coefficient (Wildman–Crippen LogP) is 5.09. The highest BCUT2D eigenvalue weighted by Crippen LogP contribution is 2.25. The zero-order valence-corrected chi connectivity index (χ0v) is 16.4. The van der Waals surface area contributed by atoms with Crippen molar-refractivity contribution in [1.29, 1.82) is 0 Å². The van der Waals surface area contributed by atoms with Crippen molar-refractivity contribution in [2.75, 3.05) is 22.5 Å². The van der Waals surface area contributed by atoms with E-state index in [2.05, 4.69) is 35.6 Å². The van der Waals surface area contributed by atoms with Crippen LogP contribution in [-0.4, -0.2) is 24.1 Å². The fourth-order valence-electron chi connectivity index (χ4n) is 3.39. The molecule has 2 amide bonds. The van der Waals surface area contributed by atoms with E-state index < -0.39 is 0 Å². The molecule has 0 bridgehead atoms. The Hall–Kier alpha value is -2.79. The van der Waals surface area contributed by atoms with Gasteiger partial charge in [-0.15, -0.1) is 11.8 Å². The predicted molar refractivity (Wildman–Crippen MR) is 116 cm³/mol. The first-order valence-electron chi connectivity index (χ1n) is 9.51. The van der Waals surface area contributed by atoms with E-state index in [1.165, 1.54) is 15.7 Å². The smallest absolute Gasteiger partial charge is 0.227 e. The lowest BCUT2D eigenvalue weighted by Gasteiger charge is -2.16. The van der Waals surface area contributed by atoms with Gasteiger partial charge in [0.15, 0.2) is 0 Å². The molecular weight excluding hydrogens is 368 g/mol. The summed E-state index contributed by atoms with van der Waals surface area (Å²) in [6.07, 6.45) is 1.98. The number of carbonyl (C=O) groups excluding carboxylic acids is 2. The minimum absolute atomic E-state index is 0.00159. The molecule has 4 rings (SSSR count). The second kappa shape index (κ2) is 8.48. The maximum absolute atomic E-state index is 12.2. The fourth-order valence-corrected chi connectivity index (χ4v) is 4.29. The summed E-state index contributed by atoms with van der Waals surface area (Å²) in [5, 5.41) is 5.37. The quantitative estimate of drug-likeness (QED) is 0.597. The van der Waals surface area contributed by atoms with Crippen molar-refractivity contribution in [1.82, 2.24) is 0 Å². The normalized spacial score (nSPS) is 13.9. The van der Waals surface area contributed by atoms with Gasteiger partial charge in [-0.2, -0.15) is 0 Å². The van der Waals surface area contributed by atoms with Crippen LogP contribution in [0.5, 0.6) is 0 Å². The van der Waals surface area contributed by atoms with Crippen LogP contribution in [0.2, 0.25) is 0 Å². The zero-order chi connectivity index (χ0) is 19.3. The summed E-state index contributed by atoms with van der Waals surface area (Å²) in [5.41, 5.74) is 1.66. The molecule has 0 aromatic heterocycles. The second-order valence-electron chi connectivity index (χ2n) is 6.85. The maximum Gasteiger partial charge on any atom is 0.227 e. The van der Waals surface area contributed by atoms with E-state index in [1.807, 2.05) is 36.4 Å². The lowest BCUT2D eigenvalue weighted by molar-refractivity contribution is -0.117. The summed E-state index contributed by atoms with van der Waals surface area (Å²) in [4.78, 5) is 27.0. The highest BCUT2D eigenvalue weighted by Gasteiger charge is 2.21. The molecule has 28 heavy (non-hydrogen) atoms. The Morgan fingerprint density at radius 1 is 1.00 bits per heavy atom. The topological polar surface area (TPSA) is 49.4 Å². The maximum atomic E-state index is 12.2. The molecule has 1 N–H and O–H groups in total. The third-order valence-electron chi connectivity index (χ3n) is 4.85. The number of benzene rings is 3. The molecule has 0 atom stereocenters. The van der Waals surface area contributed by atoms with Crippen molar-refractivity contribution in [3.8, 4) is 0 Å². The van der Waals surface area contributed by atoms with Gasteiger partial charge in [-0.25, -0.2) is 0 Å². The van der Waals surface area contributed by atoms with Crippen LogP contribution in [0.3, 0.4) is 0 Å². The van der Waals surface area contributed by atoms with Crippen LogP contribution in [0.15, 0.2) is 71.6 Å². The SMILES string of the molecule is O=C(CCSc1ccc2ccccc2c1)Nc1ccc(N2CCCC2=O)cc1. The molecule has 1 aliphatic heterocycles. The molecule has 1 aliphatic rings. The number of nitrogens with zero attached hydrogens (tertiary/aromatic N) is 1. The number of anilines is 2. The number of fused-ring (bicyclic) bond motifs is 1. The van der Waals surface area contributed by atoms with Crippen LogP contribution in [-0.2, 0) is 9.59 Å². The Bertz CT molecular complexity index is 1000. The Kier molecular flexibility index (Phi) is 5.63. The number of nitrogens with one attached hydrogen (secondary N) is 1. The number of carbonyl (C=O) groups is 2. The number of amides is 2. The average molecular weight is 391 g/mol. The first kappa shape index (κ1) is 18.6. The van der Waals surface area contributed by atoms with Crippen molar-refractivity contribution in [2.45, 2.75) is 24.2 Å². The molecule has 3 aromatic rings. The highest BCUT2D eigenvalue weighted by molar-refractivity contribution is 7.99. The first-order chi connectivity index (χ1) is 13.7. The first-order valence-corrected chi connectivity index (χ1v) is 10.5. The van der Waals surface area contributed by atoms with Gasteiger partial charge in [-0.1, -0.05) is 30.3 Å². The monoisotopic (exact) mass is 390 g/mol. The zero-order valence-electron chi connectivity index (χ0n) is 15.6. The Morgan fingerprint density at radius 3 is 2.54 bits per heavy atom. The number of hydrogen-bond donors (Lipinski definition) is 1. The Balaban J connectivity index is 1.27. The van der Waals surface area contributed by atoms with Crippen molar-refractivity contribution >= 4 is 45.7 Å². The number of hydrogen-bond acceptors (Lipinski definition) is 3. The van der Waals surface area contributed by atoms with Crippen molar-refractivity contribution in [3.05, 3.63) is 66.7 Å². The molecule has 0 radical (unpaired) electrons. The van der Waals surface area contributed by atoms with E-state index in [1.54, 1.807) is 16.7 Å². The van der Waals surface area contributed by atoms with Gasteiger partial charge < -0.3 is 10.2 Å². The molecule has 0 aliphatic carbocycles. The van der Waals surface area contributed by atoms with Gasteiger partial charge in [0.2, 0.25) is 11.8 Å². The average Bonchev–Trinajstić information content (AvgIpc) is 3.14. The van der Waals surface area contributed by atoms with Crippen molar-refractivity contribution < 1.29 is 9.59 Å². The lowest BCUT2D eigenvalue weighted by atomic mass is 10.1. The van der Waals surface area contributed by atoms with Gasteiger partial charge in [-0.3, -0.25) is 9.59 Å². The van der Waals surface area contributed by atoms with Crippen LogP contribution in [0.4, 0.5) is 11.4 Å². The molecule has 1 saturated heterocycles. The molecule has 0 unspecified atom stereocenters. The summed E-state index contributed by atoms with van der Waals surface area (Å²) >= 11 is 1.69. The van der Waals surface area contributed by atoms with Crippen molar-refractivity contribution in [2.24, 2.45) is 0 Å². The van der Waals surface area contributed by atoms with Crippen LogP contribution in [0.25, 0.3) is 10.8 Å². The molecular formula is C23H22N2O2S. The molecule has 5 heteroatoms. The third kappa shape index (κ3) is 4.37. The fraction of sp³-hybridized carbons (Fsp3) is 0.217. The van der Waals surface area contributed by atoms with E-state index in [4.69, 9.17) is 0 Å². The van der Waals surface area contributed by atoms with Crippen molar-refractivity contribution in [3.63, 3.8) is 0 Å². The van der Waals surface area contributed by atoms with E-state index in [0.717, 1.165) is 30.1 Å². The minimum atomic E-state index is -0.00159. The number of rotatable bonds is 6. The van der Waals surface area contributed by atoms with Crippen LogP contribution >= 0.6 is 11.8 Å². The van der Waals surface area contributed by atoms with Gasteiger partial charge in [-0.05, 0) is 53.6 Å². The van der Waals surface area contributed by atoms with Gasteiger partial charge in [0.05, 0.1) is 0 Å². The van der Waals surface area contributed by atoms with Crippen LogP contribution in [0.1, 0.15) is 19.3 Å². The molecule has 4 nitrogen and oxygen atoms in total. The Labute approximate surface area is 168 Å². The standard InChI is InChI=1S/C23H22N2O2S/c26-22(13-15-28-21-12-7-17-4-1-2-5-18(17)16-21)24-19-8-10-20(11-9-19)25-14-3-6-23(25)27/h1-2,4-5,7-12,16H,3,6,13-15H2,(H,24,26). The van der Waals surface area contributed by atoms with E-state index in [9.17, 15) is 9.59 Å². The molecule has 3 aromatic carbocycles. The largest absolute Gasteiger partial charge is 0.326 e. The summed E-state index contributed by atoms with van der Waals surface area (Å²) in [6.45, 7) is 0.774. The molecule has 142 valence electrons. The summed E-state index contributed by atoms with van der Waals surface area (Å²) in [6, 6.07) is 22.2. The summed E-state index contributed by atoms with van der Waals surface area (Å²) in [7, 11) is 0. The van der Waals surface area contributed by atoms with E-state index in [0.29, 0.717) is 12.8 Å². The summed E-state index contributed by atoms with van der Waals surface area (Å²) in [5.74, 6) is 0.894. The minimum Gasteiger partial charge on any atom is -0.326 e. The third-order valence-corrected chi connectivity index (χ3v) is 5.85. The number of thioether (sulfide) groups is 1. The van der Waals surface area contributed by atoms with Crippen LogP contribution < -0.4 is 10.2 Å². The molecule has 0 spiro atoms. The van der Waals surface area contributed by atoms with Gasteiger partial charge in [0.25, 0.3) is 0 Å².